The number of para-hydroxylation sites is 1. The molecule has 4 rings (SSSR count). The van der Waals surface area contributed by atoms with E-state index in [0.717, 1.165) is 16.5 Å². The van der Waals surface area contributed by atoms with Crippen LogP contribution in [-0.4, -0.2) is 15.9 Å². The molecule has 0 atom stereocenters. The van der Waals surface area contributed by atoms with Gasteiger partial charge in [0, 0.05) is 27.7 Å². The number of halogens is 1. The van der Waals surface area contributed by atoms with Crippen molar-refractivity contribution in [1.29, 1.82) is 0 Å². The minimum atomic E-state index is -0.207. The topological polar surface area (TPSA) is 66.1 Å². The Balaban J connectivity index is 1.84. The highest BCUT2D eigenvalue weighted by Crippen LogP contribution is 2.27. The van der Waals surface area contributed by atoms with Crippen LogP contribution in [0.4, 0.5) is 5.69 Å². The van der Waals surface area contributed by atoms with Crippen molar-refractivity contribution >= 4 is 45.4 Å². The Morgan fingerprint density at radius 1 is 1.18 bits per heavy atom. The molecule has 1 N–H and O–H groups in total. The first kappa shape index (κ1) is 18.4. The fraction of sp³-hybridized carbons (Fsp3) is 0.0952. The average molecular weight is 410 g/mol. The fourth-order valence-electron chi connectivity index (χ4n) is 3.13. The summed E-state index contributed by atoms with van der Waals surface area (Å²) >= 11 is 7.47. The molecule has 2 aromatic heterocycles. The van der Waals surface area contributed by atoms with Crippen molar-refractivity contribution in [2.24, 2.45) is 0 Å². The highest BCUT2D eigenvalue weighted by molar-refractivity contribution is 7.12. The van der Waals surface area contributed by atoms with Gasteiger partial charge in [0.15, 0.2) is 0 Å². The van der Waals surface area contributed by atoms with Gasteiger partial charge in [0.25, 0.3) is 5.91 Å². The van der Waals surface area contributed by atoms with Gasteiger partial charge >= 0.3 is 0 Å². The van der Waals surface area contributed by atoms with Crippen LogP contribution in [0.3, 0.4) is 0 Å². The SMILES string of the molecule is Cc1ncsc1C(=O)N(Cc1cc(=O)[nH]c2ccccc12)c1cccc(Cl)c1. The zero-order valence-electron chi connectivity index (χ0n) is 15.0. The van der Waals surface area contributed by atoms with Gasteiger partial charge < -0.3 is 9.88 Å². The molecule has 0 aliphatic rings. The van der Waals surface area contributed by atoms with E-state index in [1.165, 1.54) is 17.4 Å². The summed E-state index contributed by atoms with van der Waals surface area (Å²) < 4.78 is 0. The highest BCUT2D eigenvalue weighted by Gasteiger charge is 2.23. The summed E-state index contributed by atoms with van der Waals surface area (Å²) in [7, 11) is 0. The van der Waals surface area contributed by atoms with Crippen molar-refractivity contribution in [3.63, 3.8) is 0 Å². The smallest absolute Gasteiger partial charge is 0.270 e. The summed E-state index contributed by atoms with van der Waals surface area (Å²) in [6, 6.07) is 16.2. The van der Waals surface area contributed by atoms with Gasteiger partial charge in [-0.1, -0.05) is 35.9 Å². The lowest BCUT2D eigenvalue weighted by Crippen LogP contribution is -2.31. The zero-order chi connectivity index (χ0) is 19.7. The minimum absolute atomic E-state index is 0.174. The minimum Gasteiger partial charge on any atom is -0.322 e. The molecule has 0 saturated carbocycles. The van der Waals surface area contributed by atoms with Crippen molar-refractivity contribution < 1.29 is 4.79 Å². The first-order valence-corrected chi connectivity index (χ1v) is 9.87. The molecule has 2 aromatic carbocycles. The number of nitrogens with zero attached hydrogens (tertiary/aromatic N) is 2. The molecular formula is C21H16ClN3O2S. The van der Waals surface area contributed by atoms with E-state index in [1.54, 1.807) is 28.6 Å². The molecule has 0 radical (unpaired) electrons. The van der Waals surface area contributed by atoms with Gasteiger partial charge in [-0.2, -0.15) is 0 Å². The highest BCUT2D eigenvalue weighted by atomic mass is 35.5. The van der Waals surface area contributed by atoms with Gasteiger partial charge in [-0.3, -0.25) is 9.59 Å². The second kappa shape index (κ2) is 7.58. The molecular weight excluding hydrogens is 394 g/mol. The lowest BCUT2D eigenvalue weighted by molar-refractivity contribution is 0.0988. The molecule has 4 aromatic rings. The molecule has 5 nitrogen and oxygen atoms in total. The zero-order valence-corrected chi connectivity index (χ0v) is 16.6. The number of hydrogen-bond acceptors (Lipinski definition) is 4. The molecule has 2 heterocycles. The van der Waals surface area contributed by atoms with E-state index in [1.807, 2.05) is 37.3 Å². The summed E-state index contributed by atoms with van der Waals surface area (Å²) in [5.74, 6) is -0.174. The lowest BCUT2D eigenvalue weighted by Gasteiger charge is -2.23. The van der Waals surface area contributed by atoms with Gasteiger partial charge in [0.1, 0.15) is 4.88 Å². The molecule has 0 fully saturated rings. The lowest BCUT2D eigenvalue weighted by atomic mass is 10.1. The van der Waals surface area contributed by atoms with Gasteiger partial charge in [0.2, 0.25) is 5.56 Å². The van der Waals surface area contributed by atoms with Gasteiger partial charge in [-0.05, 0) is 36.8 Å². The third kappa shape index (κ3) is 3.56. The number of fused-ring (bicyclic) bond motifs is 1. The Morgan fingerprint density at radius 2 is 2.00 bits per heavy atom. The van der Waals surface area contributed by atoms with E-state index >= 15 is 0 Å². The standard InChI is InChI=1S/C21H16ClN3O2S/c1-13-20(28-12-23-13)21(27)25(16-6-4-5-15(22)10-16)11-14-9-19(26)24-18-8-3-2-7-17(14)18/h2-10,12H,11H2,1H3,(H,24,26). The van der Waals surface area contributed by atoms with Crippen LogP contribution in [0.1, 0.15) is 20.9 Å². The predicted octanol–water partition coefficient (Wildman–Crippen LogP) is 4.79. The molecule has 0 aliphatic carbocycles. The van der Waals surface area contributed by atoms with E-state index in [-0.39, 0.29) is 18.0 Å². The van der Waals surface area contributed by atoms with Gasteiger partial charge in [0.05, 0.1) is 17.7 Å². The first-order chi connectivity index (χ1) is 13.5. The third-order valence-electron chi connectivity index (χ3n) is 4.47. The predicted molar refractivity (Wildman–Crippen MR) is 113 cm³/mol. The van der Waals surface area contributed by atoms with E-state index < -0.39 is 0 Å². The Labute approximate surface area is 170 Å². The summed E-state index contributed by atoms with van der Waals surface area (Å²) in [4.78, 5) is 34.7. The summed E-state index contributed by atoms with van der Waals surface area (Å²) in [5.41, 5.74) is 4.28. The molecule has 1 amide bonds. The maximum atomic E-state index is 13.3. The first-order valence-electron chi connectivity index (χ1n) is 8.61. The number of amides is 1. The van der Waals surface area contributed by atoms with Crippen molar-refractivity contribution in [2.45, 2.75) is 13.5 Å². The summed E-state index contributed by atoms with van der Waals surface area (Å²) in [5, 5.41) is 1.43. The van der Waals surface area contributed by atoms with Crippen LogP contribution in [0.25, 0.3) is 10.9 Å². The number of aromatic nitrogens is 2. The molecule has 0 bridgehead atoms. The Kier molecular flexibility index (Phi) is 4.98. The molecule has 0 saturated heterocycles. The van der Waals surface area contributed by atoms with Crippen LogP contribution in [0.2, 0.25) is 5.02 Å². The average Bonchev–Trinajstić information content (AvgIpc) is 3.11. The van der Waals surface area contributed by atoms with E-state index in [0.29, 0.717) is 21.3 Å². The maximum Gasteiger partial charge on any atom is 0.270 e. The van der Waals surface area contributed by atoms with Gasteiger partial charge in [-0.25, -0.2) is 4.98 Å². The number of benzene rings is 2. The Morgan fingerprint density at radius 3 is 2.75 bits per heavy atom. The third-order valence-corrected chi connectivity index (χ3v) is 5.62. The second-order valence-electron chi connectivity index (χ2n) is 6.34. The number of anilines is 1. The van der Waals surface area contributed by atoms with Crippen LogP contribution in [0.15, 0.2) is 64.9 Å². The number of aromatic amines is 1. The van der Waals surface area contributed by atoms with Crippen LogP contribution >= 0.6 is 22.9 Å². The Hall–Kier alpha value is -2.96. The van der Waals surface area contributed by atoms with Gasteiger partial charge in [-0.15, -0.1) is 11.3 Å². The number of pyridine rings is 1. The molecule has 7 heteroatoms. The summed E-state index contributed by atoms with van der Waals surface area (Å²) in [6.07, 6.45) is 0. The molecule has 140 valence electrons. The molecule has 0 spiro atoms. The molecule has 0 unspecified atom stereocenters. The number of carbonyl (C=O) groups is 1. The monoisotopic (exact) mass is 409 g/mol. The van der Waals surface area contributed by atoms with Crippen LogP contribution < -0.4 is 10.5 Å². The summed E-state index contributed by atoms with van der Waals surface area (Å²) in [6.45, 7) is 2.05. The molecule has 0 aliphatic heterocycles. The number of hydrogen-bond donors (Lipinski definition) is 1. The Bertz CT molecular complexity index is 1230. The number of thiazole rings is 1. The number of H-pyrrole nitrogens is 1. The van der Waals surface area contributed by atoms with Crippen molar-refractivity contribution in [1.82, 2.24) is 9.97 Å². The maximum absolute atomic E-state index is 13.3. The van der Waals surface area contributed by atoms with E-state index in [4.69, 9.17) is 11.6 Å². The normalized spacial score (nSPS) is 10.9. The van der Waals surface area contributed by atoms with Crippen molar-refractivity contribution in [2.75, 3.05) is 4.90 Å². The second-order valence-corrected chi connectivity index (χ2v) is 7.63. The number of carbonyl (C=O) groups excluding carboxylic acids is 1. The van der Waals surface area contributed by atoms with Crippen LogP contribution in [-0.2, 0) is 6.54 Å². The van der Waals surface area contributed by atoms with Crippen molar-refractivity contribution in [3.05, 3.63) is 91.6 Å². The molecule has 28 heavy (non-hydrogen) atoms. The van der Waals surface area contributed by atoms with Crippen LogP contribution in [0.5, 0.6) is 0 Å². The quantitative estimate of drug-likeness (QED) is 0.526. The number of aryl methyl sites for hydroxylation is 1. The fourth-order valence-corrected chi connectivity index (χ4v) is 4.07. The van der Waals surface area contributed by atoms with Crippen molar-refractivity contribution in [3.8, 4) is 0 Å². The van der Waals surface area contributed by atoms with Crippen LogP contribution in [0, 0.1) is 6.92 Å². The largest absolute Gasteiger partial charge is 0.322 e. The van der Waals surface area contributed by atoms with E-state index in [9.17, 15) is 9.59 Å². The number of rotatable bonds is 4. The number of nitrogens with one attached hydrogen (secondary N) is 1. The van der Waals surface area contributed by atoms with E-state index in [2.05, 4.69) is 9.97 Å².